The Balaban J connectivity index is 1.01. The van der Waals surface area contributed by atoms with Crippen molar-refractivity contribution in [3.05, 3.63) is 101 Å². The number of hydrogen-bond acceptors (Lipinski definition) is 15. The second kappa shape index (κ2) is 34.6. The molecule has 3 heterocycles. The predicted molar refractivity (Wildman–Crippen MR) is 327 cm³/mol. The highest BCUT2D eigenvalue weighted by molar-refractivity contribution is 6.13. The lowest BCUT2D eigenvalue weighted by molar-refractivity contribution is -0.137. The van der Waals surface area contributed by atoms with E-state index in [0.29, 0.717) is 103 Å². The van der Waals surface area contributed by atoms with Crippen LogP contribution in [0.3, 0.4) is 0 Å². The Bertz CT molecular complexity index is 2920. The molecule has 11 amide bonds. The molecule has 25 nitrogen and oxygen atoms in total. The highest BCUT2D eigenvalue weighted by Gasteiger charge is 2.30. The van der Waals surface area contributed by atoms with Gasteiger partial charge >= 0.3 is 12.1 Å². The molecule has 1 saturated heterocycles. The molecule has 5 rings (SSSR count). The minimum Gasteiger partial charge on any atom is -0.445 e. The summed E-state index contributed by atoms with van der Waals surface area (Å²) in [4.78, 5) is 141. The van der Waals surface area contributed by atoms with Gasteiger partial charge in [0.2, 0.25) is 29.5 Å². The van der Waals surface area contributed by atoms with Crippen LogP contribution in [0, 0.1) is 11.8 Å². The summed E-state index contributed by atoms with van der Waals surface area (Å²) < 4.78 is 5.36. The van der Waals surface area contributed by atoms with Crippen LogP contribution in [0.4, 0.5) is 21.0 Å². The molecule has 2 aromatic carbocycles. The molecular weight excluding hydrogens is 1100 g/mol. The van der Waals surface area contributed by atoms with Gasteiger partial charge in [-0.05, 0) is 119 Å². The number of carbonyl (C=O) groups is 10. The summed E-state index contributed by atoms with van der Waals surface area (Å²) in [7, 11) is 0. The number of aliphatic imine (C=N–C) groups is 2. The number of nitrogens with one attached hydrogen (secondary N) is 7. The summed E-state index contributed by atoms with van der Waals surface area (Å²) in [5.41, 5.74) is 15.1. The van der Waals surface area contributed by atoms with E-state index in [1.54, 1.807) is 81.5 Å². The van der Waals surface area contributed by atoms with Crippen LogP contribution < -0.4 is 48.7 Å². The first-order valence-corrected chi connectivity index (χ1v) is 29.3. The van der Waals surface area contributed by atoms with Crippen LogP contribution in [0.1, 0.15) is 127 Å². The van der Waals surface area contributed by atoms with Crippen molar-refractivity contribution in [1.29, 1.82) is 0 Å². The van der Waals surface area contributed by atoms with Crippen LogP contribution >= 0.6 is 0 Å². The average molecular weight is 1190 g/mol. The van der Waals surface area contributed by atoms with E-state index >= 15 is 0 Å². The molecule has 464 valence electrons. The van der Waals surface area contributed by atoms with Crippen LogP contribution in [0.25, 0.3) is 6.08 Å². The summed E-state index contributed by atoms with van der Waals surface area (Å²) >= 11 is 0. The fourth-order valence-corrected chi connectivity index (χ4v) is 9.67. The number of fused-ring (bicyclic) bond motifs is 1. The van der Waals surface area contributed by atoms with E-state index in [1.165, 1.54) is 12.2 Å². The number of imide groups is 1. The quantitative estimate of drug-likeness (QED) is 0.0211. The van der Waals surface area contributed by atoms with Crippen molar-refractivity contribution in [2.45, 2.75) is 124 Å². The van der Waals surface area contributed by atoms with Crippen LogP contribution in [0.2, 0.25) is 0 Å². The van der Waals surface area contributed by atoms with Crippen LogP contribution in [0.15, 0.2) is 93.8 Å². The van der Waals surface area contributed by atoms with Crippen molar-refractivity contribution in [3.63, 3.8) is 0 Å². The number of likely N-dealkylation sites (tertiary alicyclic amines) is 1. The Labute approximate surface area is 502 Å². The summed E-state index contributed by atoms with van der Waals surface area (Å²) in [5, 5.41) is 19.1. The summed E-state index contributed by atoms with van der Waals surface area (Å²) in [6.45, 7) is 16.0. The molecule has 0 unspecified atom stereocenters. The normalized spacial score (nSPS) is 15.0. The molecule has 0 spiro atoms. The molecule has 0 bridgehead atoms. The van der Waals surface area contributed by atoms with Crippen molar-refractivity contribution < 1.29 is 52.7 Å². The Morgan fingerprint density at radius 3 is 2.19 bits per heavy atom. The predicted octanol–water partition coefficient (Wildman–Crippen LogP) is 4.54. The number of urea groups is 1. The van der Waals surface area contributed by atoms with E-state index in [-0.39, 0.29) is 112 Å². The lowest BCUT2D eigenvalue weighted by atomic mass is 9.96. The van der Waals surface area contributed by atoms with Gasteiger partial charge in [-0.25, -0.2) is 19.6 Å². The Morgan fingerprint density at radius 2 is 1.53 bits per heavy atom. The van der Waals surface area contributed by atoms with Crippen LogP contribution in [0.5, 0.6) is 0 Å². The standard InChI is InChI=1S/C61H84N14O11/c1-7-30-74(31-8-2)59(83)45-35-43-18-19-44(36-48(43)70-49(62)37-45)56(80)68-40(5)15-22-50(64-6)73-33-25-42(26-34-73)55(79)65-28-29-67-61(85)86-38-41-16-20-46(21-17-41)69-57(81)47(13-12-27-66-60(63)84)71-58(82)54(39(3)4)72-51(76)14-10-9-11-32-75-52(77)23-24-53(75)78/h15-24,35-36,39,42,47,54H,6-14,25-34,37-38H2,1-5H3,(H2,62,70)(H,65,79)(H,67,85)(H,68,80)(H,69,81)(H,71,82)(H,72,76)(H3,63,66,84)/b40-15+,50-22+/t47-,54-/m0/s1. The lowest BCUT2D eigenvalue weighted by Gasteiger charge is -2.32. The maximum absolute atomic E-state index is 13.6. The highest BCUT2D eigenvalue weighted by Crippen LogP contribution is 2.29. The number of amidine groups is 1. The molecule has 3 aliphatic heterocycles. The maximum atomic E-state index is 13.6. The fraction of sp³-hybridized carbons (Fsp3) is 0.475. The first-order valence-electron chi connectivity index (χ1n) is 29.3. The van der Waals surface area contributed by atoms with Crippen molar-refractivity contribution in [1.82, 2.24) is 46.6 Å². The minimum atomic E-state index is -1.07. The first kappa shape index (κ1) is 67.6. The molecule has 0 aliphatic carbocycles. The second-order valence-electron chi connectivity index (χ2n) is 21.5. The third-order valence-electron chi connectivity index (χ3n) is 14.3. The van der Waals surface area contributed by atoms with Gasteiger partial charge in [0.05, 0.1) is 5.69 Å². The van der Waals surface area contributed by atoms with Gasteiger partial charge in [-0.15, -0.1) is 0 Å². The summed E-state index contributed by atoms with van der Waals surface area (Å²) in [6, 6.07) is 8.82. The van der Waals surface area contributed by atoms with E-state index < -0.39 is 36.0 Å². The molecule has 11 N–H and O–H groups in total. The molecule has 2 atom stereocenters. The number of unbranched alkanes of at least 4 members (excludes halogenated alkanes) is 2. The van der Waals surface area contributed by atoms with Gasteiger partial charge in [-0.1, -0.05) is 52.3 Å². The number of primary amides is 1. The highest BCUT2D eigenvalue weighted by atomic mass is 16.5. The SMILES string of the molecule is C=N/C(=C\C=C(/C)NC(=O)c1ccc2c(c1)N=C(N)CC(C(=O)N(CCC)CCC)=C2)N1CCC(C(=O)NCCNC(=O)OCc2ccc(NC(=O)[C@H](CCCNC(N)=O)NC(=O)[C@@H](NC(=O)CCCCCN3C(=O)C=CC3=O)C(C)C)cc2)CC1. The maximum Gasteiger partial charge on any atom is 0.407 e. The van der Waals surface area contributed by atoms with E-state index in [4.69, 9.17) is 16.2 Å². The third kappa shape index (κ3) is 21.8. The van der Waals surface area contributed by atoms with Gasteiger partial charge in [0, 0.05) is 111 Å². The lowest BCUT2D eigenvalue weighted by Crippen LogP contribution is -2.54. The first-order chi connectivity index (χ1) is 41.2. The summed E-state index contributed by atoms with van der Waals surface area (Å²) in [6.07, 6.45) is 12.1. The monoisotopic (exact) mass is 1190 g/mol. The van der Waals surface area contributed by atoms with Crippen molar-refractivity contribution >= 4 is 89.4 Å². The van der Waals surface area contributed by atoms with Crippen LogP contribution in [-0.4, -0.2) is 151 Å². The molecule has 2 aromatic rings. The zero-order valence-corrected chi connectivity index (χ0v) is 50.0. The number of nitrogens with two attached hydrogens (primary N) is 2. The number of nitrogens with zero attached hydrogens (tertiary/aromatic N) is 5. The minimum absolute atomic E-state index is 0.0682. The van der Waals surface area contributed by atoms with Gasteiger partial charge in [0.1, 0.15) is 30.3 Å². The van der Waals surface area contributed by atoms with E-state index in [0.717, 1.165) is 17.7 Å². The van der Waals surface area contributed by atoms with E-state index in [9.17, 15) is 47.9 Å². The largest absolute Gasteiger partial charge is 0.445 e. The summed E-state index contributed by atoms with van der Waals surface area (Å²) in [5.74, 6) is -2.54. The number of alkyl carbamates (subject to hydrolysis) is 1. The number of amides is 11. The van der Waals surface area contributed by atoms with E-state index in [1.807, 2.05) is 23.6 Å². The molecular formula is C61H84N14O11. The second-order valence-corrected chi connectivity index (χ2v) is 21.5. The average Bonchev–Trinajstić information content (AvgIpc) is 3.22. The number of hydrogen-bond donors (Lipinski definition) is 9. The van der Waals surface area contributed by atoms with Gasteiger partial charge in [-0.2, -0.15) is 0 Å². The Morgan fingerprint density at radius 1 is 0.849 bits per heavy atom. The number of piperidine rings is 1. The number of allylic oxidation sites excluding steroid dienone is 3. The molecule has 25 heteroatoms. The topological polar surface area (TPSA) is 351 Å². The number of rotatable bonds is 32. The molecule has 0 saturated carbocycles. The molecule has 0 aromatic heterocycles. The molecule has 1 fully saturated rings. The van der Waals surface area contributed by atoms with Crippen molar-refractivity contribution in [3.8, 4) is 0 Å². The fourth-order valence-electron chi connectivity index (χ4n) is 9.67. The molecule has 0 radical (unpaired) electrons. The number of carbonyl (C=O) groups excluding carboxylic acids is 10. The Hall–Kier alpha value is -9.16. The van der Waals surface area contributed by atoms with Crippen LogP contribution in [-0.2, 0) is 44.9 Å². The van der Waals surface area contributed by atoms with Gasteiger partial charge < -0.3 is 63.2 Å². The Kier molecular flexibility index (Phi) is 27.2. The third-order valence-corrected chi connectivity index (χ3v) is 14.3. The van der Waals surface area contributed by atoms with Gasteiger partial charge in [0.15, 0.2) is 0 Å². The smallest absolute Gasteiger partial charge is 0.407 e. The number of anilines is 1. The van der Waals surface area contributed by atoms with E-state index in [2.05, 4.69) is 53.9 Å². The zero-order chi connectivity index (χ0) is 62.7. The molecule has 86 heavy (non-hydrogen) atoms. The zero-order valence-electron chi connectivity index (χ0n) is 50.0. The molecule has 3 aliphatic rings. The van der Waals surface area contributed by atoms with Crippen molar-refractivity contribution in [2.75, 3.05) is 57.7 Å². The number of ether oxygens (including phenoxy) is 1. The van der Waals surface area contributed by atoms with Gasteiger partial charge in [0.25, 0.3) is 17.7 Å². The van der Waals surface area contributed by atoms with Gasteiger partial charge in [-0.3, -0.25) is 43.3 Å². The van der Waals surface area contributed by atoms with Crippen molar-refractivity contribution in [2.24, 2.45) is 33.3 Å². The number of benzene rings is 2.